The summed E-state index contributed by atoms with van der Waals surface area (Å²) in [5.74, 6) is 4.87. The Morgan fingerprint density at radius 2 is 1.91 bits per heavy atom. The normalized spacial score (nSPS) is 41.8. The minimum atomic E-state index is -0.337. The monoisotopic (exact) mass is 458 g/mol. The quantitative estimate of drug-likeness (QED) is 0.220. The Bertz CT molecular complexity index is 741. The maximum Gasteiger partial charge on any atom is 0.341 e. The zero-order valence-corrected chi connectivity index (χ0v) is 22.0. The van der Waals surface area contributed by atoms with Crippen LogP contribution in [0.2, 0.25) is 0 Å². The Morgan fingerprint density at radius 1 is 1.12 bits per heavy atom. The van der Waals surface area contributed by atoms with E-state index in [0.29, 0.717) is 10.8 Å². The van der Waals surface area contributed by atoms with Gasteiger partial charge in [-0.2, -0.15) is 0 Å². The second-order valence-electron chi connectivity index (χ2n) is 12.7. The van der Waals surface area contributed by atoms with Gasteiger partial charge in [0.05, 0.1) is 5.37 Å². The molecule has 0 bridgehead atoms. The molecule has 4 rings (SSSR count). The second kappa shape index (κ2) is 9.51. The average molecular weight is 459 g/mol. The van der Waals surface area contributed by atoms with Crippen LogP contribution in [0, 0.1) is 46.3 Å². The van der Waals surface area contributed by atoms with E-state index in [1.165, 1.54) is 51.4 Å². The topological polar surface area (TPSA) is 26.3 Å². The van der Waals surface area contributed by atoms with Crippen molar-refractivity contribution in [1.82, 2.24) is 0 Å². The van der Waals surface area contributed by atoms with Gasteiger partial charge in [-0.3, -0.25) is 0 Å². The maximum atomic E-state index is 11.7. The lowest BCUT2D eigenvalue weighted by atomic mass is 9.47. The fourth-order valence-electron chi connectivity index (χ4n) is 8.94. The third-order valence-corrected chi connectivity index (χ3v) is 10.8. The first-order valence-electron chi connectivity index (χ1n) is 13.5. The average Bonchev–Trinajstić information content (AvgIpc) is 3.11. The SMILES string of the molecule is CC(C)CCC[C@@H](C)[C@H]1CC[C@H]2[C@@H]3CC=C4C[C@@H](OC(=O)C=S)CC[C@]4(C)[C@H]3CC[C@]12C. The summed E-state index contributed by atoms with van der Waals surface area (Å²) in [5, 5.41) is 1.14. The van der Waals surface area contributed by atoms with Gasteiger partial charge in [-0.05, 0) is 91.3 Å². The highest BCUT2D eigenvalue weighted by Gasteiger charge is 2.59. The molecule has 0 heterocycles. The van der Waals surface area contributed by atoms with Crippen molar-refractivity contribution in [3.63, 3.8) is 0 Å². The summed E-state index contributed by atoms with van der Waals surface area (Å²) in [5.41, 5.74) is 2.44. The molecular weight excluding hydrogens is 412 g/mol. The lowest BCUT2D eigenvalue weighted by Gasteiger charge is -2.58. The van der Waals surface area contributed by atoms with Crippen LogP contribution >= 0.6 is 12.2 Å². The molecule has 0 N–H and O–H groups in total. The summed E-state index contributed by atoms with van der Waals surface area (Å²) in [7, 11) is 0. The van der Waals surface area contributed by atoms with Gasteiger partial charge in [-0.1, -0.05) is 77.7 Å². The summed E-state index contributed by atoms with van der Waals surface area (Å²) in [6.45, 7) is 12.5. The van der Waals surface area contributed by atoms with Crippen molar-refractivity contribution < 1.29 is 9.53 Å². The van der Waals surface area contributed by atoms with Gasteiger partial charge in [-0.25, -0.2) is 4.79 Å². The van der Waals surface area contributed by atoms with E-state index in [2.05, 4.69) is 40.7 Å². The summed E-state index contributed by atoms with van der Waals surface area (Å²) < 4.78 is 5.60. The van der Waals surface area contributed by atoms with Crippen LogP contribution in [0.3, 0.4) is 0 Å². The van der Waals surface area contributed by atoms with Gasteiger partial charge in [-0.15, -0.1) is 0 Å². The largest absolute Gasteiger partial charge is 0.458 e. The number of esters is 1. The molecule has 4 aliphatic carbocycles. The smallest absolute Gasteiger partial charge is 0.341 e. The van der Waals surface area contributed by atoms with Gasteiger partial charge in [0.2, 0.25) is 0 Å². The minimum Gasteiger partial charge on any atom is -0.458 e. The minimum absolute atomic E-state index is 0.0222. The third-order valence-electron chi connectivity index (χ3n) is 10.6. The molecule has 32 heavy (non-hydrogen) atoms. The third kappa shape index (κ3) is 4.37. The molecule has 3 fully saturated rings. The maximum absolute atomic E-state index is 11.7. The molecule has 4 aliphatic rings. The Balaban J connectivity index is 1.46. The van der Waals surface area contributed by atoms with Crippen LogP contribution in [-0.4, -0.2) is 17.4 Å². The van der Waals surface area contributed by atoms with Crippen molar-refractivity contribution in [3.05, 3.63) is 11.6 Å². The van der Waals surface area contributed by atoms with E-state index in [1.807, 2.05) is 0 Å². The summed E-state index contributed by atoms with van der Waals surface area (Å²) >= 11 is 4.76. The van der Waals surface area contributed by atoms with E-state index < -0.39 is 0 Å². The van der Waals surface area contributed by atoms with E-state index in [9.17, 15) is 4.79 Å². The number of rotatable bonds is 7. The fourth-order valence-corrected chi connectivity index (χ4v) is 9.00. The lowest BCUT2D eigenvalue weighted by molar-refractivity contribution is -0.142. The van der Waals surface area contributed by atoms with E-state index in [4.69, 9.17) is 17.0 Å². The molecule has 0 spiro atoms. The molecule has 3 saturated carbocycles. The van der Waals surface area contributed by atoms with Crippen LogP contribution in [0.15, 0.2) is 11.6 Å². The van der Waals surface area contributed by atoms with Gasteiger partial charge in [0.15, 0.2) is 0 Å². The highest BCUT2D eigenvalue weighted by atomic mass is 32.1. The number of hydrogen-bond acceptors (Lipinski definition) is 3. The second-order valence-corrected chi connectivity index (χ2v) is 12.9. The van der Waals surface area contributed by atoms with Crippen LogP contribution in [0.4, 0.5) is 0 Å². The first-order chi connectivity index (χ1) is 15.2. The van der Waals surface area contributed by atoms with Crippen molar-refractivity contribution in [2.24, 2.45) is 46.3 Å². The van der Waals surface area contributed by atoms with Crippen molar-refractivity contribution in [2.45, 2.75) is 111 Å². The predicted octanol–water partition coefficient (Wildman–Crippen LogP) is 7.94. The standard InChI is InChI=1S/C29H46O2S/c1-19(2)7-6-8-20(3)24-11-12-25-23-10-9-21-17-22(31-27(30)18-32)13-15-28(21,4)26(23)14-16-29(24,25)5/h9,18-20,22-26H,6-8,10-17H2,1-5H3/t20-,22+,23+,24-,25+,26+,28+,29-/m1/s1. The van der Waals surface area contributed by atoms with Crippen LogP contribution < -0.4 is 0 Å². The molecule has 0 aromatic heterocycles. The number of carbonyl (C=O) groups is 1. The molecule has 0 aromatic carbocycles. The zero-order valence-electron chi connectivity index (χ0n) is 21.2. The number of carbonyl (C=O) groups excluding carboxylic acids is 1. The molecule has 0 aliphatic heterocycles. The van der Waals surface area contributed by atoms with Gasteiger partial charge in [0, 0.05) is 6.42 Å². The molecule has 0 unspecified atom stereocenters. The number of allylic oxidation sites excluding steroid dienone is 1. The van der Waals surface area contributed by atoms with Crippen molar-refractivity contribution >= 4 is 23.6 Å². The summed E-state index contributed by atoms with van der Waals surface area (Å²) in [4.78, 5) is 11.7. The molecule has 0 saturated heterocycles. The van der Waals surface area contributed by atoms with Crippen molar-refractivity contribution in [1.29, 1.82) is 0 Å². The molecule has 8 atom stereocenters. The van der Waals surface area contributed by atoms with Gasteiger partial charge in [0.1, 0.15) is 6.10 Å². The van der Waals surface area contributed by atoms with Crippen LogP contribution in [0.5, 0.6) is 0 Å². The molecular formula is C29H46O2S. The number of thiocarbonyl (C=S) groups is 1. The van der Waals surface area contributed by atoms with Crippen molar-refractivity contribution in [2.75, 3.05) is 0 Å². The Kier molecular flexibility index (Phi) is 7.26. The summed E-state index contributed by atoms with van der Waals surface area (Å²) in [6, 6.07) is 0. The van der Waals surface area contributed by atoms with Crippen molar-refractivity contribution in [3.8, 4) is 0 Å². The lowest BCUT2D eigenvalue weighted by Crippen LogP contribution is -2.51. The van der Waals surface area contributed by atoms with E-state index in [1.54, 1.807) is 5.57 Å². The van der Waals surface area contributed by atoms with Crippen LogP contribution in [-0.2, 0) is 9.53 Å². The summed E-state index contributed by atoms with van der Waals surface area (Å²) in [6.07, 6.45) is 16.8. The molecule has 3 heteroatoms. The molecule has 0 aromatic rings. The first-order valence-corrected chi connectivity index (χ1v) is 14.0. The highest BCUT2D eigenvalue weighted by Crippen LogP contribution is 2.67. The predicted molar refractivity (Wildman–Crippen MR) is 137 cm³/mol. The Hall–Kier alpha value is -0.700. The Labute approximate surface area is 202 Å². The van der Waals surface area contributed by atoms with Gasteiger partial charge >= 0.3 is 5.97 Å². The number of hydrogen-bond donors (Lipinski definition) is 0. The van der Waals surface area contributed by atoms with E-state index >= 15 is 0 Å². The molecule has 0 amide bonds. The van der Waals surface area contributed by atoms with Gasteiger partial charge < -0.3 is 4.74 Å². The molecule has 2 nitrogen and oxygen atoms in total. The number of ether oxygens (including phenoxy) is 1. The highest BCUT2D eigenvalue weighted by molar-refractivity contribution is 7.80. The van der Waals surface area contributed by atoms with E-state index in [-0.39, 0.29) is 12.1 Å². The molecule has 180 valence electrons. The van der Waals surface area contributed by atoms with Crippen LogP contribution in [0.25, 0.3) is 0 Å². The van der Waals surface area contributed by atoms with Gasteiger partial charge in [0.25, 0.3) is 0 Å². The van der Waals surface area contributed by atoms with E-state index in [0.717, 1.165) is 60.1 Å². The zero-order chi connectivity index (χ0) is 23.1. The fraction of sp³-hybridized carbons (Fsp3) is 0.862. The molecule has 0 radical (unpaired) electrons. The Morgan fingerprint density at radius 3 is 2.62 bits per heavy atom. The number of fused-ring (bicyclic) bond motifs is 5. The first kappa shape index (κ1) is 24.4. The van der Waals surface area contributed by atoms with Crippen LogP contribution in [0.1, 0.15) is 105 Å².